The SMILES string of the molecule is CCOC(=O)C1CCN(C(=O)Nc2nc3ccccc3s2)CC1. The van der Waals surface area contributed by atoms with Crippen LogP contribution in [0, 0.1) is 5.92 Å². The van der Waals surface area contributed by atoms with E-state index in [0.29, 0.717) is 37.7 Å². The van der Waals surface area contributed by atoms with E-state index in [9.17, 15) is 9.59 Å². The molecule has 2 amide bonds. The van der Waals surface area contributed by atoms with E-state index in [4.69, 9.17) is 4.74 Å². The molecule has 0 aliphatic carbocycles. The summed E-state index contributed by atoms with van der Waals surface area (Å²) < 4.78 is 6.09. The molecule has 0 saturated carbocycles. The van der Waals surface area contributed by atoms with Gasteiger partial charge in [0.2, 0.25) is 0 Å². The highest BCUT2D eigenvalue weighted by Gasteiger charge is 2.28. The zero-order valence-corrected chi connectivity index (χ0v) is 13.8. The van der Waals surface area contributed by atoms with Gasteiger partial charge < -0.3 is 9.64 Å². The minimum absolute atomic E-state index is 0.0959. The monoisotopic (exact) mass is 333 g/mol. The topological polar surface area (TPSA) is 71.5 Å². The van der Waals surface area contributed by atoms with Gasteiger partial charge in [-0.3, -0.25) is 10.1 Å². The number of carbonyl (C=O) groups excluding carboxylic acids is 2. The molecule has 2 heterocycles. The number of likely N-dealkylation sites (tertiary alicyclic amines) is 1. The number of nitrogens with one attached hydrogen (secondary N) is 1. The number of fused-ring (bicyclic) bond motifs is 1. The normalized spacial score (nSPS) is 15.6. The Hall–Kier alpha value is -2.15. The lowest BCUT2D eigenvalue weighted by Crippen LogP contribution is -2.42. The van der Waals surface area contributed by atoms with E-state index in [2.05, 4.69) is 10.3 Å². The third kappa shape index (κ3) is 3.61. The smallest absolute Gasteiger partial charge is 0.323 e. The van der Waals surface area contributed by atoms with Gasteiger partial charge in [0.15, 0.2) is 5.13 Å². The number of hydrogen-bond acceptors (Lipinski definition) is 5. The molecule has 1 saturated heterocycles. The van der Waals surface area contributed by atoms with Crippen LogP contribution in [0.1, 0.15) is 19.8 Å². The predicted molar refractivity (Wildman–Crippen MR) is 89.6 cm³/mol. The van der Waals surface area contributed by atoms with E-state index in [0.717, 1.165) is 10.2 Å². The Morgan fingerprint density at radius 2 is 2.09 bits per heavy atom. The number of esters is 1. The zero-order chi connectivity index (χ0) is 16.2. The lowest BCUT2D eigenvalue weighted by atomic mass is 9.97. The summed E-state index contributed by atoms with van der Waals surface area (Å²) in [6.07, 6.45) is 1.29. The number of amides is 2. The van der Waals surface area contributed by atoms with Gasteiger partial charge in [0.25, 0.3) is 0 Å². The second-order valence-corrected chi connectivity index (χ2v) is 6.46. The number of rotatable bonds is 3. The summed E-state index contributed by atoms with van der Waals surface area (Å²) in [4.78, 5) is 30.2. The molecule has 0 spiro atoms. The zero-order valence-electron chi connectivity index (χ0n) is 12.9. The Morgan fingerprint density at radius 1 is 1.35 bits per heavy atom. The molecule has 1 N–H and O–H groups in total. The van der Waals surface area contributed by atoms with Crippen molar-refractivity contribution in [1.29, 1.82) is 0 Å². The molecule has 1 aliphatic rings. The lowest BCUT2D eigenvalue weighted by molar-refractivity contribution is -0.149. The fourth-order valence-corrected chi connectivity index (χ4v) is 3.53. The number of para-hydroxylation sites is 1. The summed E-state index contributed by atoms with van der Waals surface area (Å²) in [6, 6.07) is 7.62. The van der Waals surface area contributed by atoms with Crippen LogP contribution in [-0.4, -0.2) is 41.6 Å². The first-order valence-corrected chi connectivity index (χ1v) is 8.57. The lowest BCUT2D eigenvalue weighted by Gasteiger charge is -2.30. The number of hydrogen-bond donors (Lipinski definition) is 1. The van der Waals surface area contributed by atoms with E-state index in [1.165, 1.54) is 11.3 Å². The van der Waals surface area contributed by atoms with Crippen molar-refractivity contribution in [3.8, 4) is 0 Å². The van der Waals surface area contributed by atoms with E-state index in [-0.39, 0.29) is 17.9 Å². The van der Waals surface area contributed by atoms with Crippen LogP contribution in [0.5, 0.6) is 0 Å². The third-order valence-corrected chi connectivity index (χ3v) is 4.86. The van der Waals surface area contributed by atoms with Crippen LogP contribution in [-0.2, 0) is 9.53 Å². The molecule has 2 aromatic rings. The Morgan fingerprint density at radius 3 is 2.78 bits per heavy atom. The maximum Gasteiger partial charge on any atom is 0.323 e. The number of piperidine rings is 1. The molecule has 23 heavy (non-hydrogen) atoms. The quantitative estimate of drug-likeness (QED) is 0.876. The molecule has 0 atom stereocenters. The second kappa shape index (κ2) is 6.95. The van der Waals surface area contributed by atoms with Crippen LogP contribution in [0.3, 0.4) is 0 Å². The van der Waals surface area contributed by atoms with Gasteiger partial charge in [-0.1, -0.05) is 23.5 Å². The highest BCUT2D eigenvalue weighted by Crippen LogP contribution is 2.26. The van der Waals surface area contributed by atoms with Crippen LogP contribution in [0.4, 0.5) is 9.93 Å². The number of anilines is 1. The number of thiazole rings is 1. The molecule has 1 aromatic carbocycles. The van der Waals surface area contributed by atoms with Crippen molar-refractivity contribution in [3.05, 3.63) is 24.3 Å². The van der Waals surface area contributed by atoms with Crippen LogP contribution >= 0.6 is 11.3 Å². The Kier molecular flexibility index (Phi) is 4.76. The maximum atomic E-state index is 12.3. The van der Waals surface area contributed by atoms with E-state index < -0.39 is 0 Å². The first-order valence-electron chi connectivity index (χ1n) is 7.75. The molecule has 7 heteroatoms. The molecule has 1 aliphatic heterocycles. The molecule has 6 nitrogen and oxygen atoms in total. The largest absolute Gasteiger partial charge is 0.466 e. The average Bonchev–Trinajstić information content (AvgIpc) is 2.97. The predicted octanol–water partition coefficient (Wildman–Crippen LogP) is 3.10. The summed E-state index contributed by atoms with van der Waals surface area (Å²) in [5.41, 5.74) is 0.883. The molecular weight excluding hydrogens is 314 g/mol. The standard InChI is InChI=1S/C16H19N3O3S/c1-2-22-14(20)11-7-9-19(10-8-11)16(21)18-15-17-12-5-3-4-6-13(12)23-15/h3-6,11H,2,7-10H2,1H3,(H,17,18,21). The van der Waals surface area contributed by atoms with Crippen LogP contribution in [0.25, 0.3) is 10.2 Å². The molecule has 0 bridgehead atoms. The highest BCUT2D eigenvalue weighted by atomic mass is 32.1. The Labute approximate surface area is 138 Å². The van der Waals surface area contributed by atoms with E-state index in [1.807, 2.05) is 24.3 Å². The van der Waals surface area contributed by atoms with Crippen LogP contribution in [0.2, 0.25) is 0 Å². The van der Waals surface area contributed by atoms with Gasteiger partial charge in [0, 0.05) is 13.1 Å². The number of benzene rings is 1. The van der Waals surface area contributed by atoms with Crippen molar-refractivity contribution < 1.29 is 14.3 Å². The van der Waals surface area contributed by atoms with Gasteiger partial charge in [-0.15, -0.1) is 0 Å². The maximum absolute atomic E-state index is 12.3. The summed E-state index contributed by atoms with van der Waals surface area (Å²) in [6.45, 7) is 3.32. The van der Waals surface area contributed by atoms with Gasteiger partial charge in [-0.25, -0.2) is 9.78 Å². The van der Waals surface area contributed by atoms with Crippen LogP contribution < -0.4 is 5.32 Å². The first kappa shape index (κ1) is 15.7. The minimum atomic E-state index is -0.161. The van der Waals surface area contributed by atoms with Gasteiger partial charge in [0.1, 0.15) is 0 Å². The number of aromatic nitrogens is 1. The average molecular weight is 333 g/mol. The van der Waals surface area contributed by atoms with Crippen molar-refractivity contribution >= 4 is 38.7 Å². The second-order valence-electron chi connectivity index (χ2n) is 5.43. The highest BCUT2D eigenvalue weighted by molar-refractivity contribution is 7.22. The molecule has 3 rings (SSSR count). The summed E-state index contributed by atoms with van der Waals surface area (Å²) in [5.74, 6) is -0.250. The van der Waals surface area contributed by atoms with E-state index in [1.54, 1.807) is 11.8 Å². The summed E-state index contributed by atoms with van der Waals surface area (Å²) in [5, 5.41) is 3.45. The van der Waals surface area contributed by atoms with Crippen molar-refractivity contribution in [3.63, 3.8) is 0 Å². The van der Waals surface area contributed by atoms with Crippen LogP contribution in [0.15, 0.2) is 24.3 Å². The van der Waals surface area contributed by atoms with Crippen molar-refractivity contribution in [2.24, 2.45) is 5.92 Å². The molecule has 0 radical (unpaired) electrons. The van der Waals surface area contributed by atoms with Gasteiger partial charge in [-0.2, -0.15) is 0 Å². The van der Waals surface area contributed by atoms with Gasteiger partial charge in [-0.05, 0) is 31.9 Å². The molecule has 0 unspecified atom stereocenters. The summed E-state index contributed by atoms with van der Waals surface area (Å²) >= 11 is 1.46. The molecular formula is C16H19N3O3S. The number of ether oxygens (including phenoxy) is 1. The molecule has 122 valence electrons. The number of carbonyl (C=O) groups is 2. The van der Waals surface area contributed by atoms with Crippen molar-refractivity contribution in [2.45, 2.75) is 19.8 Å². The molecule has 1 fully saturated rings. The number of nitrogens with zero attached hydrogens (tertiary/aromatic N) is 2. The van der Waals surface area contributed by atoms with Crippen molar-refractivity contribution in [1.82, 2.24) is 9.88 Å². The fraction of sp³-hybridized carbons (Fsp3) is 0.438. The van der Waals surface area contributed by atoms with Gasteiger partial charge >= 0.3 is 12.0 Å². The fourth-order valence-electron chi connectivity index (χ4n) is 2.67. The summed E-state index contributed by atoms with van der Waals surface area (Å²) in [7, 11) is 0. The Bertz CT molecular complexity index is 674. The first-order chi connectivity index (χ1) is 11.2. The molecule has 1 aromatic heterocycles. The van der Waals surface area contributed by atoms with Gasteiger partial charge in [0.05, 0.1) is 22.7 Å². The minimum Gasteiger partial charge on any atom is -0.466 e. The third-order valence-electron chi connectivity index (χ3n) is 3.91. The van der Waals surface area contributed by atoms with Crippen molar-refractivity contribution in [2.75, 3.05) is 25.0 Å². The Balaban J connectivity index is 1.56. The number of urea groups is 1. The van der Waals surface area contributed by atoms with E-state index >= 15 is 0 Å².